The molecule has 1 fully saturated rings. The Morgan fingerprint density at radius 2 is 2.35 bits per heavy atom. The summed E-state index contributed by atoms with van der Waals surface area (Å²) in [5.74, 6) is 0.000728. The molecule has 2 unspecified atom stereocenters. The van der Waals surface area contributed by atoms with Gasteiger partial charge in [-0.3, -0.25) is 4.79 Å². The molecule has 1 saturated carbocycles. The predicted molar refractivity (Wildman–Crippen MR) is 70.0 cm³/mol. The number of carbonyl (C=O) groups is 1. The number of rotatable bonds is 3. The van der Waals surface area contributed by atoms with Gasteiger partial charge in [0, 0.05) is 12.0 Å². The Hall–Kier alpha value is -1.08. The fourth-order valence-electron chi connectivity index (χ4n) is 2.15. The Kier molecular flexibility index (Phi) is 3.68. The number of carbonyl (C=O) groups excluding carboxylic acids is 1. The molecule has 1 aliphatic rings. The van der Waals surface area contributed by atoms with E-state index in [0.717, 1.165) is 30.8 Å². The van der Waals surface area contributed by atoms with E-state index in [2.05, 4.69) is 14.9 Å². The largest absolute Gasteiger partial charge is 0.393 e. The molecule has 1 aromatic rings. The highest BCUT2D eigenvalue weighted by Gasteiger charge is 2.31. The first-order valence-electron chi connectivity index (χ1n) is 5.48. The molecule has 7 heteroatoms. The summed E-state index contributed by atoms with van der Waals surface area (Å²) in [7, 11) is 0. The topological polar surface area (TPSA) is 80.9 Å². The first-order chi connectivity index (χ1) is 8.09. The van der Waals surface area contributed by atoms with Crippen molar-refractivity contribution in [3.63, 3.8) is 0 Å². The third-order valence-corrected chi connectivity index (χ3v) is 4.19. The number of thiocarbonyl (C=S) groups is 1. The monoisotopic (exact) mass is 270 g/mol. The van der Waals surface area contributed by atoms with Gasteiger partial charge >= 0.3 is 0 Å². The SMILES string of the molecule is Cc1nnsc1C(=O)NC1CCCC1C(N)=S. The second kappa shape index (κ2) is 5.05. The van der Waals surface area contributed by atoms with E-state index in [1.807, 2.05) is 0 Å². The smallest absolute Gasteiger partial charge is 0.265 e. The molecule has 1 aromatic heterocycles. The van der Waals surface area contributed by atoms with Gasteiger partial charge in [0.05, 0.1) is 10.7 Å². The van der Waals surface area contributed by atoms with E-state index in [0.29, 0.717) is 15.6 Å². The Labute approximate surface area is 109 Å². The van der Waals surface area contributed by atoms with Crippen LogP contribution in [0.1, 0.15) is 34.6 Å². The van der Waals surface area contributed by atoms with E-state index in [9.17, 15) is 4.79 Å². The van der Waals surface area contributed by atoms with Crippen LogP contribution in [0.5, 0.6) is 0 Å². The number of aromatic nitrogens is 2. The summed E-state index contributed by atoms with van der Waals surface area (Å²) >= 11 is 6.13. The highest BCUT2D eigenvalue weighted by molar-refractivity contribution is 7.80. The highest BCUT2D eigenvalue weighted by atomic mass is 32.1. The van der Waals surface area contributed by atoms with Crippen LogP contribution in [0.25, 0.3) is 0 Å². The summed E-state index contributed by atoms with van der Waals surface area (Å²) in [5, 5.41) is 6.80. The Morgan fingerprint density at radius 1 is 1.59 bits per heavy atom. The minimum atomic E-state index is -0.120. The Morgan fingerprint density at radius 3 is 2.94 bits per heavy atom. The van der Waals surface area contributed by atoms with Crippen molar-refractivity contribution in [3.8, 4) is 0 Å². The molecule has 3 N–H and O–H groups in total. The standard InChI is InChI=1S/C10H14N4OS2/c1-5-8(17-14-13-5)10(15)12-7-4-2-3-6(7)9(11)16/h6-7H,2-4H2,1H3,(H2,11,16)(H,12,15). The lowest BCUT2D eigenvalue weighted by Crippen LogP contribution is -2.41. The molecule has 5 nitrogen and oxygen atoms in total. The fraction of sp³-hybridized carbons (Fsp3) is 0.600. The van der Waals surface area contributed by atoms with Crippen LogP contribution < -0.4 is 11.1 Å². The first-order valence-corrected chi connectivity index (χ1v) is 6.67. The van der Waals surface area contributed by atoms with Crippen molar-refractivity contribution in [1.82, 2.24) is 14.9 Å². The normalized spacial score (nSPS) is 23.6. The molecule has 0 aromatic carbocycles. The van der Waals surface area contributed by atoms with Gasteiger partial charge in [-0.05, 0) is 31.3 Å². The van der Waals surface area contributed by atoms with Gasteiger partial charge < -0.3 is 11.1 Å². The Balaban J connectivity index is 2.04. The van der Waals surface area contributed by atoms with Gasteiger partial charge in [0.2, 0.25) is 0 Å². The van der Waals surface area contributed by atoms with Crippen LogP contribution in [0.2, 0.25) is 0 Å². The fourth-order valence-corrected chi connectivity index (χ4v) is 2.99. The van der Waals surface area contributed by atoms with Crippen LogP contribution in [0, 0.1) is 12.8 Å². The number of hydrogen-bond acceptors (Lipinski definition) is 5. The van der Waals surface area contributed by atoms with Crippen molar-refractivity contribution in [2.45, 2.75) is 32.2 Å². The number of nitrogens with zero attached hydrogens (tertiary/aromatic N) is 2. The van der Waals surface area contributed by atoms with Crippen molar-refractivity contribution in [2.75, 3.05) is 0 Å². The van der Waals surface area contributed by atoms with Crippen LogP contribution in [0.4, 0.5) is 0 Å². The minimum absolute atomic E-state index is 0.0569. The molecule has 1 amide bonds. The molecular formula is C10H14N4OS2. The lowest BCUT2D eigenvalue weighted by atomic mass is 10.0. The molecule has 0 aliphatic heterocycles. The molecule has 1 aliphatic carbocycles. The van der Waals surface area contributed by atoms with E-state index in [4.69, 9.17) is 18.0 Å². The minimum Gasteiger partial charge on any atom is -0.393 e. The van der Waals surface area contributed by atoms with Crippen LogP contribution >= 0.6 is 23.8 Å². The summed E-state index contributed by atoms with van der Waals surface area (Å²) in [6, 6.07) is 0.0569. The molecule has 0 spiro atoms. The summed E-state index contributed by atoms with van der Waals surface area (Å²) < 4.78 is 3.75. The molecule has 92 valence electrons. The van der Waals surface area contributed by atoms with Crippen molar-refractivity contribution in [3.05, 3.63) is 10.6 Å². The average Bonchev–Trinajstić information content (AvgIpc) is 2.86. The summed E-state index contributed by atoms with van der Waals surface area (Å²) in [6.45, 7) is 1.78. The predicted octanol–water partition coefficient (Wildman–Crippen LogP) is 1.03. The maximum absolute atomic E-state index is 12.0. The number of hydrogen-bond donors (Lipinski definition) is 2. The van der Waals surface area contributed by atoms with Gasteiger partial charge in [0.15, 0.2) is 0 Å². The van der Waals surface area contributed by atoms with E-state index < -0.39 is 0 Å². The highest BCUT2D eigenvalue weighted by Crippen LogP contribution is 2.26. The lowest BCUT2D eigenvalue weighted by Gasteiger charge is -2.19. The van der Waals surface area contributed by atoms with Crippen LogP contribution in [0.15, 0.2) is 0 Å². The van der Waals surface area contributed by atoms with Gasteiger partial charge in [-0.15, -0.1) is 5.10 Å². The number of nitrogens with two attached hydrogens (primary N) is 1. The van der Waals surface area contributed by atoms with E-state index in [1.165, 1.54) is 0 Å². The quantitative estimate of drug-likeness (QED) is 0.802. The van der Waals surface area contributed by atoms with Crippen LogP contribution in [-0.4, -0.2) is 26.5 Å². The molecule has 0 saturated heterocycles. The van der Waals surface area contributed by atoms with Gasteiger partial charge in [-0.25, -0.2) is 0 Å². The van der Waals surface area contributed by atoms with Crippen LogP contribution in [0.3, 0.4) is 0 Å². The zero-order valence-electron chi connectivity index (χ0n) is 9.47. The van der Waals surface area contributed by atoms with E-state index in [-0.39, 0.29) is 17.9 Å². The van der Waals surface area contributed by atoms with Crippen molar-refractivity contribution in [1.29, 1.82) is 0 Å². The summed E-state index contributed by atoms with van der Waals surface area (Å²) in [5.41, 5.74) is 6.33. The Bertz CT molecular complexity index is 445. The third-order valence-electron chi connectivity index (χ3n) is 3.06. The second-order valence-corrected chi connectivity index (χ2v) is 5.43. The molecule has 0 radical (unpaired) electrons. The van der Waals surface area contributed by atoms with Gasteiger partial charge in [-0.2, -0.15) is 0 Å². The molecule has 1 heterocycles. The number of aryl methyl sites for hydroxylation is 1. The van der Waals surface area contributed by atoms with Gasteiger partial charge in [0.25, 0.3) is 5.91 Å². The second-order valence-electron chi connectivity index (χ2n) is 4.21. The third kappa shape index (κ3) is 2.61. The van der Waals surface area contributed by atoms with E-state index in [1.54, 1.807) is 6.92 Å². The van der Waals surface area contributed by atoms with Crippen LogP contribution in [-0.2, 0) is 0 Å². The van der Waals surface area contributed by atoms with Crippen molar-refractivity contribution < 1.29 is 4.79 Å². The molecule has 2 atom stereocenters. The van der Waals surface area contributed by atoms with E-state index >= 15 is 0 Å². The maximum Gasteiger partial charge on any atom is 0.265 e. The zero-order chi connectivity index (χ0) is 12.4. The average molecular weight is 270 g/mol. The first kappa shape index (κ1) is 12.4. The number of nitrogens with one attached hydrogen (secondary N) is 1. The molecule has 0 bridgehead atoms. The molecule has 17 heavy (non-hydrogen) atoms. The van der Waals surface area contributed by atoms with Crippen molar-refractivity contribution >= 4 is 34.6 Å². The zero-order valence-corrected chi connectivity index (χ0v) is 11.1. The van der Waals surface area contributed by atoms with Crippen molar-refractivity contribution in [2.24, 2.45) is 11.7 Å². The summed E-state index contributed by atoms with van der Waals surface area (Å²) in [6.07, 6.45) is 2.94. The molecular weight excluding hydrogens is 256 g/mol. The summed E-state index contributed by atoms with van der Waals surface area (Å²) in [4.78, 5) is 13.0. The lowest BCUT2D eigenvalue weighted by molar-refractivity contribution is 0.0937. The van der Waals surface area contributed by atoms with Gasteiger partial charge in [0.1, 0.15) is 4.88 Å². The molecule has 2 rings (SSSR count). The maximum atomic E-state index is 12.0. The van der Waals surface area contributed by atoms with Gasteiger partial charge in [-0.1, -0.05) is 23.1 Å². The number of amides is 1.